The molecule has 0 heterocycles. The minimum atomic E-state index is -4.48. The van der Waals surface area contributed by atoms with Crippen LogP contribution in [0.1, 0.15) is 15.9 Å². The zero-order chi connectivity index (χ0) is 11.8. The van der Waals surface area contributed by atoms with Crippen molar-refractivity contribution in [3.8, 4) is 0 Å². The molecule has 2 N–H and O–H groups in total. The third kappa shape index (κ3) is 2.59. The van der Waals surface area contributed by atoms with E-state index < -0.39 is 21.0 Å². The van der Waals surface area contributed by atoms with E-state index in [2.05, 4.69) is 0 Å². The van der Waals surface area contributed by atoms with Crippen LogP contribution >= 0.6 is 0 Å². The van der Waals surface area contributed by atoms with E-state index in [-0.39, 0.29) is 5.56 Å². The molecule has 0 bridgehead atoms. The van der Waals surface area contributed by atoms with Gasteiger partial charge in [0.1, 0.15) is 0 Å². The summed E-state index contributed by atoms with van der Waals surface area (Å²) in [4.78, 5) is 10.3. The van der Waals surface area contributed by atoms with Gasteiger partial charge in [-0.1, -0.05) is 0 Å². The summed E-state index contributed by atoms with van der Waals surface area (Å²) in [5, 5.41) is 8.78. The SMILES string of the molecule is Cc1ccc(C(=O)O)c(S(=O)(=O)O)[c]1[Na]. The maximum atomic E-state index is 11.0. The van der Waals surface area contributed by atoms with Crippen molar-refractivity contribution in [1.82, 2.24) is 0 Å². The molecule has 0 saturated carbocycles. The first-order chi connectivity index (χ1) is 6.75. The first-order valence-electron chi connectivity index (χ1n) is 4.06. The van der Waals surface area contributed by atoms with Crippen LogP contribution in [0.15, 0.2) is 17.0 Å². The normalized spacial score (nSPS) is 11.5. The standard InChI is InChI=1S/C8H7O5S.Na/c1-5-2-3-6(8(9)10)7(4-5)14(11,12)13;/h2-3H,1H3,(H,9,10)(H,11,12,13);. The Morgan fingerprint density at radius 2 is 1.93 bits per heavy atom. The Kier molecular flexibility index (Phi) is 3.57. The molecule has 15 heavy (non-hydrogen) atoms. The maximum absolute atomic E-state index is 11.0. The first kappa shape index (κ1) is 12.7. The van der Waals surface area contributed by atoms with Crippen LogP contribution in [0.25, 0.3) is 0 Å². The molecular weight excluding hydrogens is 231 g/mol. The molecule has 0 radical (unpaired) electrons. The summed E-state index contributed by atoms with van der Waals surface area (Å²) < 4.78 is 31.4. The first-order valence-corrected chi connectivity index (χ1v) is 6.50. The van der Waals surface area contributed by atoms with Gasteiger partial charge in [-0.25, -0.2) is 0 Å². The van der Waals surface area contributed by atoms with E-state index in [0.717, 1.165) is 0 Å². The molecule has 1 aromatic carbocycles. The number of benzene rings is 1. The van der Waals surface area contributed by atoms with Crippen molar-refractivity contribution >= 4 is 46.8 Å². The Bertz CT molecular complexity index is 520. The third-order valence-corrected chi connectivity index (χ3v) is 4.86. The van der Waals surface area contributed by atoms with Crippen LogP contribution in [0.5, 0.6) is 0 Å². The molecule has 0 saturated heterocycles. The molecular formula is C8H7NaO5S. The summed E-state index contributed by atoms with van der Waals surface area (Å²) >= 11 is 0.351. The predicted molar refractivity (Wildman–Crippen MR) is 53.3 cm³/mol. The average Bonchev–Trinajstić information content (AvgIpc) is 2.06. The molecule has 0 fully saturated rings. The summed E-state index contributed by atoms with van der Waals surface area (Å²) in [5.41, 5.74) is 0.285. The predicted octanol–water partition coefficient (Wildman–Crippen LogP) is -0.266. The van der Waals surface area contributed by atoms with Gasteiger partial charge in [0.15, 0.2) is 0 Å². The van der Waals surface area contributed by atoms with E-state index >= 15 is 0 Å². The molecule has 1 rings (SSSR count). The van der Waals surface area contributed by atoms with E-state index in [1.165, 1.54) is 12.1 Å². The molecule has 0 amide bonds. The fourth-order valence-electron chi connectivity index (χ4n) is 1.29. The fourth-order valence-corrected chi connectivity index (χ4v) is 3.48. The number of hydrogen-bond acceptors (Lipinski definition) is 3. The average molecular weight is 238 g/mol. The van der Waals surface area contributed by atoms with Crippen molar-refractivity contribution in [3.05, 3.63) is 23.3 Å². The van der Waals surface area contributed by atoms with Crippen LogP contribution in [0, 0.1) is 6.92 Å². The van der Waals surface area contributed by atoms with Gasteiger partial charge in [0.05, 0.1) is 0 Å². The van der Waals surface area contributed by atoms with Gasteiger partial charge in [-0.05, 0) is 0 Å². The van der Waals surface area contributed by atoms with E-state index in [0.29, 0.717) is 36.3 Å². The van der Waals surface area contributed by atoms with Crippen LogP contribution < -0.4 is 2.81 Å². The van der Waals surface area contributed by atoms with E-state index in [1.807, 2.05) is 0 Å². The quantitative estimate of drug-likeness (QED) is 0.546. The molecule has 0 spiro atoms. The Morgan fingerprint density at radius 3 is 2.33 bits per heavy atom. The minimum absolute atomic E-state index is 0.351. The fraction of sp³-hybridized carbons (Fsp3) is 0.125. The zero-order valence-electron chi connectivity index (χ0n) is 8.18. The van der Waals surface area contributed by atoms with Crippen LogP contribution in [-0.2, 0) is 10.1 Å². The van der Waals surface area contributed by atoms with E-state index in [9.17, 15) is 13.2 Å². The van der Waals surface area contributed by atoms with E-state index in [4.69, 9.17) is 9.66 Å². The molecule has 0 aliphatic rings. The van der Waals surface area contributed by atoms with Gasteiger partial charge in [0.25, 0.3) is 0 Å². The Labute approximate surface area is 104 Å². The molecule has 5 nitrogen and oxygen atoms in total. The van der Waals surface area contributed by atoms with Crippen molar-refractivity contribution < 1.29 is 22.9 Å². The van der Waals surface area contributed by atoms with Gasteiger partial charge in [0.2, 0.25) is 0 Å². The van der Waals surface area contributed by atoms with E-state index in [1.54, 1.807) is 6.92 Å². The van der Waals surface area contributed by atoms with Crippen molar-refractivity contribution in [2.45, 2.75) is 11.8 Å². The summed E-state index contributed by atoms with van der Waals surface area (Å²) in [6.07, 6.45) is 0. The van der Waals surface area contributed by atoms with Crippen molar-refractivity contribution in [2.24, 2.45) is 0 Å². The molecule has 0 aromatic heterocycles. The van der Waals surface area contributed by atoms with Gasteiger partial charge in [-0.3, -0.25) is 0 Å². The monoisotopic (exact) mass is 238 g/mol. The summed E-state index contributed by atoms with van der Waals surface area (Å²) in [7, 11) is -4.48. The molecule has 0 aliphatic heterocycles. The second-order valence-corrected chi connectivity index (χ2v) is 5.52. The van der Waals surface area contributed by atoms with Gasteiger partial charge >= 0.3 is 105 Å². The molecule has 7 heteroatoms. The topological polar surface area (TPSA) is 91.7 Å². The van der Waals surface area contributed by atoms with Crippen LogP contribution in [-0.4, -0.2) is 52.0 Å². The zero-order valence-corrected chi connectivity index (χ0v) is 11.0. The van der Waals surface area contributed by atoms with Crippen LogP contribution in [0.4, 0.5) is 0 Å². The molecule has 0 aliphatic carbocycles. The molecule has 76 valence electrons. The Balaban J connectivity index is 3.72. The second-order valence-electron chi connectivity index (χ2n) is 3.16. The van der Waals surface area contributed by atoms with Gasteiger partial charge in [-0.2, -0.15) is 0 Å². The Hall–Kier alpha value is -0.400. The van der Waals surface area contributed by atoms with Crippen LogP contribution in [0.3, 0.4) is 0 Å². The van der Waals surface area contributed by atoms with Gasteiger partial charge in [0, 0.05) is 0 Å². The third-order valence-electron chi connectivity index (χ3n) is 2.17. The summed E-state index contributed by atoms with van der Waals surface area (Å²) in [5.74, 6) is -1.36. The number of carboxylic acids is 1. The second kappa shape index (κ2) is 4.23. The summed E-state index contributed by atoms with van der Waals surface area (Å²) in [6, 6.07) is 2.71. The number of rotatable bonds is 2. The van der Waals surface area contributed by atoms with Crippen molar-refractivity contribution in [2.75, 3.05) is 0 Å². The number of hydrogen-bond donors (Lipinski definition) is 2. The van der Waals surface area contributed by atoms with Crippen molar-refractivity contribution in [1.29, 1.82) is 0 Å². The number of carboxylic acid groups (broad SMARTS) is 1. The summed E-state index contributed by atoms with van der Waals surface area (Å²) in [6.45, 7) is 1.67. The molecule has 0 unspecified atom stereocenters. The number of aromatic carboxylic acids is 1. The van der Waals surface area contributed by atoms with Gasteiger partial charge in [-0.15, -0.1) is 0 Å². The van der Waals surface area contributed by atoms with Crippen LogP contribution in [0.2, 0.25) is 0 Å². The number of aryl methyl sites for hydroxylation is 1. The van der Waals surface area contributed by atoms with Crippen molar-refractivity contribution in [3.63, 3.8) is 0 Å². The Morgan fingerprint density at radius 1 is 1.40 bits per heavy atom. The number of carbonyl (C=O) groups is 1. The molecule has 0 atom stereocenters. The molecule has 1 aromatic rings. The van der Waals surface area contributed by atoms with Gasteiger partial charge < -0.3 is 0 Å².